The third-order valence-electron chi connectivity index (χ3n) is 3.44. The van der Waals surface area contributed by atoms with Gasteiger partial charge >= 0.3 is 0 Å². The number of rotatable bonds is 4. The summed E-state index contributed by atoms with van der Waals surface area (Å²) in [6.45, 7) is 1.46. The summed E-state index contributed by atoms with van der Waals surface area (Å²) in [6.07, 6.45) is 0. The molecule has 25 heavy (non-hydrogen) atoms. The Labute approximate surface area is 147 Å². The van der Waals surface area contributed by atoms with Gasteiger partial charge in [0.05, 0.1) is 23.2 Å². The summed E-state index contributed by atoms with van der Waals surface area (Å²) >= 11 is 5.83. The Balaban J connectivity index is 2.14. The van der Waals surface area contributed by atoms with E-state index in [0.29, 0.717) is 5.02 Å². The molecule has 9 heteroatoms. The Bertz CT molecular complexity index is 854. The summed E-state index contributed by atoms with van der Waals surface area (Å²) in [5.74, 6) is -1.06. The van der Waals surface area contributed by atoms with E-state index in [1.807, 2.05) is 0 Å². The molecule has 2 amide bonds. The first-order chi connectivity index (χ1) is 11.8. The maximum atomic E-state index is 12.2. The number of amides is 2. The van der Waals surface area contributed by atoms with Gasteiger partial charge in [0.25, 0.3) is 17.5 Å². The molecule has 2 N–H and O–H groups in total. The number of carbonyl (C=O) groups is 2. The quantitative estimate of drug-likeness (QED) is 0.640. The molecule has 0 saturated heterocycles. The van der Waals surface area contributed by atoms with E-state index in [2.05, 4.69) is 10.9 Å². The average molecular weight is 364 g/mol. The Morgan fingerprint density at radius 2 is 1.76 bits per heavy atom. The Morgan fingerprint density at radius 1 is 1.12 bits per heavy atom. The number of benzene rings is 2. The van der Waals surface area contributed by atoms with Crippen molar-refractivity contribution in [1.29, 1.82) is 0 Å². The molecule has 2 aromatic carbocycles. The molecule has 0 bridgehead atoms. The third kappa shape index (κ3) is 4.04. The van der Waals surface area contributed by atoms with Gasteiger partial charge in [0.2, 0.25) is 0 Å². The standard InChI is InChI=1S/C16H14ClN3O5/c1-9-11(4-3-5-13(9)20(23)24)15(21)18-19-16(22)12-7-6-10(17)8-14(12)25-2/h3-8H,1-2H3,(H,18,21)(H,19,22). The summed E-state index contributed by atoms with van der Waals surface area (Å²) in [7, 11) is 1.38. The molecule has 2 rings (SSSR count). The van der Waals surface area contributed by atoms with Gasteiger partial charge in [-0.2, -0.15) is 0 Å². The van der Waals surface area contributed by atoms with Gasteiger partial charge in [0.1, 0.15) is 5.75 Å². The van der Waals surface area contributed by atoms with Crippen LogP contribution in [0.3, 0.4) is 0 Å². The second-order valence-corrected chi connectivity index (χ2v) is 5.40. The molecule has 0 saturated carbocycles. The van der Waals surface area contributed by atoms with Gasteiger partial charge in [-0.1, -0.05) is 17.7 Å². The summed E-state index contributed by atoms with van der Waals surface area (Å²) in [4.78, 5) is 34.7. The van der Waals surface area contributed by atoms with Gasteiger partial charge < -0.3 is 4.74 Å². The average Bonchev–Trinajstić information content (AvgIpc) is 2.59. The molecule has 0 atom stereocenters. The molecule has 0 radical (unpaired) electrons. The number of hydrogen-bond donors (Lipinski definition) is 2. The molecular weight excluding hydrogens is 350 g/mol. The number of hydrogen-bond acceptors (Lipinski definition) is 5. The fourth-order valence-electron chi connectivity index (χ4n) is 2.17. The van der Waals surface area contributed by atoms with Crippen LogP contribution in [0.5, 0.6) is 5.75 Å². The number of halogens is 1. The third-order valence-corrected chi connectivity index (χ3v) is 3.68. The van der Waals surface area contributed by atoms with Crippen LogP contribution in [0.25, 0.3) is 0 Å². The zero-order valence-electron chi connectivity index (χ0n) is 13.3. The topological polar surface area (TPSA) is 111 Å². The van der Waals surface area contributed by atoms with Crippen LogP contribution in [0, 0.1) is 17.0 Å². The van der Waals surface area contributed by atoms with Gasteiger partial charge in [0.15, 0.2) is 0 Å². The number of nitrogens with one attached hydrogen (secondary N) is 2. The highest BCUT2D eigenvalue weighted by Gasteiger charge is 2.19. The number of carbonyl (C=O) groups excluding carboxylic acids is 2. The number of nitro benzene ring substituents is 1. The fraction of sp³-hybridized carbons (Fsp3) is 0.125. The summed E-state index contributed by atoms with van der Waals surface area (Å²) < 4.78 is 5.07. The van der Waals surface area contributed by atoms with E-state index in [4.69, 9.17) is 16.3 Å². The van der Waals surface area contributed by atoms with Gasteiger partial charge in [-0.25, -0.2) is 0 Å². The molecule has 0 spiro atoms. The zero-order chi connectivity index (χ0) is 18.6. The maximum absolute atomic E-state index is 12.2. The molecule has 130 valence electrons. The van der Waals surface area contributed by atoms with E-state index in [0.717, 1.165) is 0 Å². The molecule has 0 unspecified atom stereocenters. The Hall–Kier alpha value is -3.13. The van der Waals surface area contributed by atoms with Crippen molar-refractivity contribution in [2.75, 3.05) is 7.11 Å². The fourth-order valence-corrected chi connectivity index (χ4v) is 2.33. The van der Waals surface area contributed by atoms with Crippen LogP contribution < -0.4 is 15.6 Å². The molecule has 0 heterocycles. The summed E-state index contributed by atoms with van der Waals surface area (Å²) in [5, 5.41) is 11.3. The van der Waals surface area contributed by atoms with E-state index in [1.54, 1.807) is 0 Å². The first kappa shape index (κ1) is 18.2. The van der Waals surface area contributed by atoms with Crippen molar-refractivity contribution in [3.63, 3.8) is 0 Å². The van der Waals surface area contributed by atoms with Crippen molar-refractivity contribution in [2.24, 2.45) is 0 Å². The molecule has 8 nitrogen and oxygen atoms in total. The van der Waals surface area contributed by atoms with Crippen molar-refractivity contribution in [3.8, 4) is 5.75 Å². The van der Waals surface area contributed by atoms with Crippen LogP contribution in [-0.2, 0) is 0 Å². The SMILES string of the molecule is COc1cc(Cl)ccc1C(=O)NNC(=O)c1cccc([N+](=O)[O-])c1C. The minimum Gasteiger partial charge on any atom is -0.496 e. The Morgan fingerprint density at radius 3 is 2.36 bits per heavy atom. The molecule has 0 aliphatic heterocycles. The second-order valence-electron chi connectivity index (χ2n) is 4.96. The van der Waals surface area contributed by atoms with Crippen LogP contribution in [-0.4, -0.2) is 23.8 Å². The largest absolute Gasteiger partial charge is 0.496 e. The van der Waals surface area contributed by atoms with Gasteiger partial charge in [-0.3, -0.25) is 30.6 Å². The van der Waals surface area contributed by atoms with Gasteiger partial charge in [-0.15, -0.1) is 0 Å². The van der Waals surface area contributed by atoms with Crippen LogP contribution in [0.15, 0.2) is 36.4 Å². The normalized spacial score (nSPS) is 10.0. The lowest BCUT2D eigenvalue weighted by Crippen LogP contribution is -2.42. The van der Waals surface area contributed by atoms with Crippen molar-refractivity contribution in [1.82, 2.24) is 10.9 Å². The van der Waals surface area contributed by atoms with Crippen LogP contribution in [0.1, 0.15) is 26.3 Å². The predicted octanol–water partition coefficient (Wildman–Crippen LogP) is 2.64. The van der Waals surface area contributed by atoms with Gasteiger partial charge in [-0.05, 0) is 31.2 Å². The lowest BCUT2D eigenvalue weighted by Gasteiger charge is -2.11. The first-order valence-corrected chi connectivity index (χ1v) is 7.41. The van der Waals surface area contributed by atoms with Crippen LogP contribution in [0.4, 0.5) is 5.69 Å². The minimum absolute atomic E-state index is 0.0811. The van der Waals surface area contributed by atoms with Crippen molar-refractivity contribution < 1.29 is 19.2 Å². The highest BCUT2D eigenvalue weighted by Crippen LogP contribution is 2.23. The molecule has 0 aromatic heterocycles. The molecule has 0 fully saturated rings. The summed E-state index contributed by atoms with van der Waals surface area (Å²) in [5.41, 5.74) is 4.72. The predicted molar refractivity (Wildman–Crippen MR) is 90.8 cm³/mol. The molecule has 2 aromatic rings. The number of nitro groups is 1. The minimum atomic E-state index is -0.678. The highest BCUT2D eigenvalue weighted by molar-refractivity contribution is 6.30. The first-order valence-electron chi connectivity index (χ1n) is 7.03. The lowest BCUT2D eigenvalue weighted by atomic mass is 10.1. The van der Waals surface area contributed by atoms with Gasteiger partial charge in [0, 0.05) is 16.7 Å². The van der Waals surface area contributed by atoms with E-state index >= 15 is 0 Å². The molecule has 0 aliphatic carbocycles. The van der Waals surface area contributed by atoms with E-state index in [1.165, 1.54) is 50.4 Å². The number of nitrogens with zero attached hydrogens (tertiary/aromatic N) is 1. The Kier molecular flexibility index (Phi) is 5.56. The smallest absolute Gasteiger partial charge is 0.273 e. The van der Waals surface area contributed by atoms with Crippen molar-refractivity contribution in [2.45, 2.75) is 6.92 Å². The summed E-state index contributed by atoms with van der Waals surface area (Å²) in [6, 6.07) is 8.52. The van der Waals surface area contributed by atoms with E-state index in [9.17, 15) is 19.7 Å². The molecular formula is C16H14ClN3O5. The highest BCUT2D eigenvalue weighted by atomic mass is 35.5. The zero-order valence-corrected chi connectivity index (χ0v) is 14.1. The van der Waals surface area contributed by atoms with Crippen molar-refractivity contribution in [3.05, 3.63) is 68.2 Å². The van der Waals surface area contributed by atoms with Crippen LogP contribution >= 0.6 is 11.6 Å². The molecule has 0 aliphatic rings. The van der Waals surface area contributed by atoms with E-state index in [-0.39, 0.29) is 28.1 Å². The van der Waals surface area contributed by atoms with E-state index < -0.39 is 16.7 Å². The number of ether oxygens (including phenoxy) is 1. The van der Waals surface area contributed by atoms with Crippen molar-refractivity contribution >= 4 is 29.1 Å². The lowest BCUT2D eigenvalue weighted by molar-refractivity contribution is -0.385. The monoisotopic (exact) mass is 363 g/mol. The second kappa shape index (κ2) is 7.63. The number of methoxy groups -OCH3 is 1. The number of hydrazine groups is 1. The maximum Gasteiger partial charge on any atom is 0.273 e. The van der Waals surface area contributed by atoms with Crippen LogP contribution in [0.2, 0.25) is 5.02 Å².